The van der Waals surface area contributed by atoms with E-state index in [9.17, 15) is 10.1 Å². The summed E-state index contributed by atoms with van der Waals surface area (Å²) in [4.78, 5) is 13.2. The molecule has 6 nitrogen and oxygen atoms in total. The first kappa shape index (κ1) is 16.3. The SMILES string of the molecule is C[C@@H](Nc1cc(N2CCOCC2)ccc1[N+](=O)[O-])c1ccccc1. The summed E-state index contributed by atoms with van der Waals surface area (Å²) in [6, 6.07) is 15.1. The molecular formula is C18H21N3O3. The van der Waals surface area contributed by atoms with Crippen LogP contribution in [-0.4, -0.2) is 31.2 Å². The summed E-state index contributed by atoms with van der Waals surface area (Å²) in [7, 11) is 0. The fourth-order valence-corrected chi connectivity index (χ4v) is 2.88. The van der Waals surface area contributed by atoms with E-state index in [0.29, 0.717) is 18.9 Å². The fraction of sp³-hybridized carbons (Fsp3) is 0.333. The van der Waals surface area contributed by atoms with Crippen LogP contribution in [0.15, 0.2) is 48.5 Å². The second-order valence-electron chi connectivity index (χ2n) is 5.83. The zero-order chi connectivity index (χ0) is 16.9. The number of rotatable bonds is 5. The molecule has 1 N–H and O–H groups in total. The monoisotopic (exact) mass is 327 g/mol. The van der Waals surface area contributed by atoms with E-state index in [-0.39, 0.29) is 16.7 Å². The maximum atomic E-state index is 11.4. The fourth-order valence-electron chi connectivity index (χ4n) is 2.88. The van der Waals surface area contributed by atoms with Gasteiger partial charge < -0.3 is 15.0 Å². The number of hydrogen-bond acceptors (Lipinski definition) is 5. The minimum atomic E-state index is -0.344. The molecule has 0 radical (unpaired) electrons. The predicted molar refractivity (Wildman–Crippen MR) is 94.6 cm³/mol. The van der Waals surface area contributed by atoms with Gasteiger partial charge in [0, 0.05) is 30.9 Å². The summed E-state index contributed by atoms with van der Waals surface area (Å²) in [5, 5.41) is 14.6. The molecule has 0 saturated carbocycles. The molecule has 1 heterocycles. The Morgan fingerprint density at radius 1 is 1.17 bits per heavy atom. The highest BCUT2D eigenvalue weighted by molar-refractivity contribution is 5.69. The number of benzene rings is 2. The summed E-state index contributed by atoms with van der Waals surface area (Å²) < 4.78 is 5.37. The molecule has 2 aromatic rings. The topological polar surface area (TPSA) is 67.6 Å². The first-order valence-electron chi connectivity index (χ1n) is 8.08. The van der Waals surface area contributed by atoms with Crippen molar-refractivity contribution in [1.29, 1.82) is 0 Å². The van der Waals surface area contributed by atoms with Gasteiger partial charge in [-0.2, -0.15) is 0 Å². The van der Waals surface area contributed by atoms with Crippen molar-refractivity contribution in [2.24, 2.45) is 0 Å². The van der Waals surface area contributed by atoms with E-state index in [1.54, 1.807) is 6.07 Å². The van der Waals surface area contributed by atoms with Gasteiger partial charge in [0.1, 0.15) is 5.69 Å². The molecule has 126 valence electrons. The number of hydrogen-bond donors (Lipinski definition) is 1. The van der Waals surface area contributed by atoms with Gasteiger partial charge in [-0.05, 0) is 24.6 Å². The maximum absolute atomic E-state index is 11.4. The lowest BCUT2D eigenvalue weighted by Gasteiger charge is -2.29. The Bertz CT molecular complexity index is 700. The molecule has 1 aliphatic heterocycles. The van der Waals surface area contributed by atoms with Gasteiger partial charge in [0.2, 0.25) is 0 Å². The number of nitrogens with one attached hydrogen (secondary N) is 1. The van der Waals surface area contributed by atoms with Crippen LogP contribution in [0.1, 0.15) is 18.5 Å². The van der Waals surface area contributed by atoms with Gasteiger partial charge >= 0.3 is 0 Å². The minimum absolute atomic E-state index is 0.0233. The largest absolute Gasteiger partial charge is 0.378 e. The second-order valence-corrected chi connectivity index (χ2v) is 5.83. The lowest BCUT2D eigenvalue weighted by atomic mass is 10.1. The van der Waals surface area contributed by atoms with Crippen LogP contribution in [-0.2, 0) is 4.74 Å². The van der Waals surface area contributed by atoms with Gasteiger partial charge in [-0.15, -0.1) is 0 Å². The molecule has 0 aromatic heterocycles. The number of nitro benzene ring substituents is 1. The first-order chi connectivity index (χ1) is 11.6. The van der Waals surface area contributed by atoms with Crippen molar-refractivity contribution in [2.45, 2.75) is 13.0 Å². The van der Waals surface area contributed by atoms with Crippen LogP contribution < -0.4 is 10.2 Å². The zero-order valence-corrected chi connectivity index (χ0v) is 13.6. The molecule has 1 atom stereocenters. The molecule has 6 heteroatoms. The van der Waals surface area contributed by atoms with E-state index in [2.05, 4.69) is 10.2 Å². The molecular weight excluding hydrogens is 306 g/mol. The van der Waals surface area contributed by atoms with Crippen LogP contribution in [0, 0.1) is 10.1 Å². The standard InChI is InChI=1S/C18H21N3O3/c1-14(15-5-3-2-4-6-15)19-17-13-16(7-8-18(17)21(22)23)20-9-11-24-12-10-20/h2-8,13-14,19H,9-12H2,1H3/t14-/m1/s1. The number of anilines is 2. The summed E-state index contributed by atoms with van der Waals surface area (Å²) >= 11 is 0. The third-order valence-corrected chi connectivity index (χ3v) is 4.22. The number of morpholine rings is 1. The Hall–Kier alpha value is -2.60. The van der Waals surface area contributed by atoms with Gasteiger partial charge in [0.05, 0.1) is 18.1 Å². The number of nitrogens with zero attached hydrogens (tertiary/aromatic N) is 2. The lowest BCUT2D eigenvalue weighted by Crippen LogP contribution is -2.36. The van der Waals surface area contributed by atoms with Crippen molar-refractivity contribution in [2.75, 3.05) is 36.5 Å². The molecule has 24 heavy (non-hydrogen) atoms. The van der Waals surface area contributed by atoms with Crippen molar-refractivity contribution >= 4 is 17.1 Å². The summed E-state index contributed by atoms with van der Waals surface area (Å²) in [5.74, 6) is 0. The van der Waals surface area contributed by atoms with Crippen LogP contribution in [0.5, 0.6) is 0 Å². The third kappa shape index (κ3) is 3.65. The van der Waals surface area contributed by atoms with Gasteiger partial charge in [-0.3, -0.25) is 10.1 Å². The van der Waals surface area contributed by atoms with Gasteiger partial charge in [0.25, 0.3) is 5.69 Å². The van der Waals surface area contributed by atoms with Crippen LogP contribution in [0.25, 0.3) is 0 Å². The van der Waals surface area contributed by atoms with Crippen molar-refractivity contribution in [3.63, 3.8) is 0 Å². The Kier molecular flexibility index (Phi) is 4.96. The zero-order valence-electron chi connectivity index (χ0n) is 13.6. The Morgan fingerprint density at radius 2 is 1.88 bits per heavy atom. The Labute approximate surface area is 141 Å². The van der Waals surface area contributed by atoms with Crippen molar-refractivity contribution < 1.29 is 9.66 Å². The molecule has 0 aliphatic carbocycles. The number of nitro groups is 1. The van der Waals surface area contributed by atoms with Crippen molar-refractivity contribution in [1.82, 2.24) is 0 Å². The molecule has 0 unspecified atom stereocenters. The van der Waals surface area contributed by atoms with E-state index >= 15 is 0 Å². The average molecular weight is 327 g/mol. The highest BCUT2D eigenvalue weighted by Gasteiger charge is 2.19. The Morgan fingerprint density at radius 3 is 2.54 bits per heavy atom. The quantitative estimate of drug-likeness (QED) is 0.671. The highest BCUT2D eigenvalue weighted by atomic mass is 16.6. The van der Waals surface area contributed by atoms with Crippen LogP contribution in [0.3, 0.4) is 0 Å². The highest BCUT2D eigenvalue weighted by Crippen LogP contribution is 2.32. The summed E-state index contributed by atoms with van der Waals surface area (Å²) in [6.07, 6.45) is 0. The van der Waals surface area contributed by atoms with Crippen LogP contribution in [0.2, 0.25) is 0 Å². The van der Waals surface area contributed by atoms with Gasteiger partial charge in [-0.1, -0.05) is 30.3 Å². The van der Waals surface area contributed by atoms with E-state index < -0.39 is 0 Å². The van der Waals surface area contributed by atoms with Gasteiger partial charge in [0.15, 0.2) is 0 Å². The maximum Gasteiger partial charge on any atom is 0.292 e. The van der Waals surface area contributed by atoms with E-state index in [1.807, 2.05) is 49.4 Å². The van der Waals surface area contributed by atoms with Crippen LogP contribution >= 0.6 is 0 Å². The molecule has 1 saturated heterocycles. The van der Waals surface area contributed by atoms with Crippen molar-refractivity contribution in [3.8, 4) is 0 Å². The van der Waals surface area contributed by atoms with E-state index in [1.165, 1.54) is 0 Å². The van der Waals surface area contributed by atoms with Crippen LogP contribution in [0.4, 0.5) is 17.1 Å². The van der Waals surface area contributed by atoms with Gasteiger partial charge in [-0.25, -0.2) is 0 Å². The Balaban J connectivity index is 1.87. The summed E-state index contributed by atoms with van der Waals surface area (Å²) in [6.45, 7) is 4.96. The average Bonchev–Trinajstić information content (AvgIpc) is 2.63. The molecule has 3 rings (SSSR count). The molecule has 0 spiro atoms. The first-order valence-corrected chi connectivity index (χ1v) is 8.08. The normalized spacial score (nSPS) is 15.8. The summed E-state index contributed by atoms with van der Waals surface area (Å²) in [5.41, 5.74) is 2.70. The van der Waals surface area contributed by atoms with Crippen molar-refractivity contribution in [3.05, 3.63) is 64.2 Å². The third-order valence-electron chi connectivity index (χ3n) is 4.22. The van der Waals surface area contributed by atoms with E-state index in [4.69, 9.17) is 4.74 Å². The smallest absolute Gasteiger partial charge is 0.292 e. The van der Waals surface area contributed by atoms with E-state index in [0.717, 1.165) is 24.3 Å². The molecule has 1 fully saturated rings. The lowest BCUT2D eigenvalue weighted by molar-refractivity contribution is -0.384. The molecule has 2 aromatic carbocycles. The molecule has 0 amide bonds. The predicted octanol–water partition coefficient (Wildman–Crippen LogP) is 3.60. The minimum Gasteiger partial charge on any atom is -0.378 e. The second kappa shape index (κ2) is 7.31. The molecule has 1 aliphatic rings. The number of ether oxygens (including phenoxy) is 1. The molecule has 0 bridgehead atoms.